The molecule has 0 aromatic heterocycles. The first-order chi connectivity index (χ1) is 21.8. The molecule has 0 atom stereocenters. The Morgan fingerprint density at radius 2 is 0.867 bits per heavy atom. The Hall–Kier alpha value is -1.58. The molecule has 0 heterocycles. The number of alkyl carbamates (subject to hydrolysis) is 1. The average Bonchev–Trinajstić information content (AvgIpc) is 2.99. The first-order valence-electron chi connectivity index (χ1n) is 16.6. The summed E-state index contributed by atoms with van der Waals surface area (Å²) in [5.74, 6) is -0.177. The maximum atomic E-state index is 11.8. The molecule has 0 aliphatic rings. The number of carbonyl (C=O) groups excluding carboxylic acids is 2. The molecule has 0 saturated heterocycles. The highest BCUT2D eigenvalue weighted by atomic mass is 16.6. The van der Waals surface area contributed by atoms with Gasteiger partial charge >= 0.3 is 12.1 Å². The number of esters is 1. The third-order valence-electron chi connectivity index (χ3n) is 5.93. The smallest absolute Gasteiger partial charge is 0.407 e. The van der Waals surface area contributed by atoms with Crippen LogP contribution in [0.25, 0.3) is 0 Å². The van der Waals surface area contributed by atoms with Crippen molar-refractivity contribution < 1.29 is 57.3 Å². The first-order valence-corrected chi connectivity index (χ1v) is 16.6. The molecule has 1 amide bonds. The molecular weight excluding hydrogens is 590 g/mol. The fourth-order valence-corrected chi connectivity index (χ4v) is 3.73. The van der Waals surface area contributed by atoms with E-state index in [0.717, 1.165) is 44.9 Å². The lowest BCUT2D eigenvalue weighted by atomic mass is 10.1. The molecule has 2 N–H and O–H groups in total. The van der Waals surface area contributed by atoms with Crippen molar-refractivity contribution in [2.24, 2.45) is 0 Å². The fraction of sp³-hybridized carbons (Fsp3) is 0.938. The maximum Gasteiger partial charge on any atom is 0.407 e. The van der Waals surface area contributed by atoms with Crippen molar-refractivity contribution in [1.29, 1.82) is 0 Å². The van der Waals surface area contributed by atoms with Gasteiger partial charge in [0.05, 0.1) is 99.1 Å². The van der Waals surface area contributed by atoms with E-state index in [1.54, 1.807) is 0 Å². The van der Waals surface area contributed by atoms with Crippen LogP contribution in [0.2, 0.25) is 0 Å². The zero-order valence-corrected chi connectivity index (χ0v) is 28.3. The van der Waals surface area contributed by atoms with Gasteiger partial charge in [0.2, 0.25) is 0 Å². The van der Waals surface area contributed by atoms with Gasteiger partial charge in [0, 0.05) is 13.0 Å². The summed E-state index contributed by atoms with van der Waals surface area (Å²) in [6.07, 6.45) is 8.58. The average molecular weight is 654 g/mol. The van der Waals surface area contributed by atoms with Gasteiger partial charge in [0.25, 0.3) is 0 Å². The minimum absolute atomic E-state index is 0.0203. The van der Waals surface area contributed by atoms with Gasteiger partial charge in [-0.1, -0.05) is 38.5 Å². The second-order valence-corrected chi connectivity index (χ2v) is 11.2. The molecule has 0 aromatic rings. The van der Waals surface area contributed by atoms with Crippen molar-refractivity contribution in [1.82, 2.24) is 5.32 Å². The van der Waals surface area contributed by atoms with Gasteiger partial charge in [0.1, 0.15) is 12.2 Å². The summed E-state index contributed by atoms with van der Waals surface area (Å²) < 4.78 is 48.0. The van der Waals surface area contributed by atoms with Crippen molar-refractivity contribution in [3.63, 3.8) is 0 Å². The van der Waals surface area contributed by atoms with E-state index in [2.05, 4.69) is 5.32 Å². The number of rotatable bonds is 34. The van der Waals surface area contributed by atoms with Crippen LogP contribution >= 0.6 is 0 Å². The molecule has 0 aromatic carbocycles. The monoisotopic (exact) mass is 653 g/mol. The van der Waals surface area contributed by atoms with Gasteiger partial charge in [-0.05, 0) is 33.6 Å². The van der Waals surface area contributed by atoms with Gasteiger partial charge in [0.15, 0.2) is 0 Å². The second-order valence-electron chi connectivity index (χ2n) is 11.2. The van der Waals surface area contributed by atoms with Crippen LogP contribution in [0.1, 0.15) is 78.6 Å². The van der Waals surface area contributed by atoms with Crippen LogP contribution in [0.3, 0.4) is 0 Å². The second kappa shape index (κ2) is 33.8. The lowest BCUT2D eigenvalue weighted by Crippen LogP contribution is -2.32. The Morgan fingerprint density at radius 1 is 0.511 bits per heavy atom. The van der Waals surface area contributed by atoms with Crippen molar-refractivity contribution in [3.8, 4) is 0 Å². The number of unbranched alkanes of at least 4 members (excludes halogenated alkanes) is 7. The third-order valence-corrected chi connectivity index (χ3v) is 5.93. The van der Waals surface area contributed by atoms with E-state index in [1.165, 1.54) is 6.42 Å². The largest absolute Gasteiger partial charge is 0.463 e. The van der Waals surface area contributed by atoms with Gasteiger partial charge in [-0.25, -0.2) is 4.79 Å². The minimum Gasteiger partial charge on any atom is -0.463 e. The Bertz CT molecular complexity index is 648. The summed E-state index contributed by atoms with van der Waals surface area (Å²) in [4.78, 5) is 23.4. The van der Waals surface area contributed by atoms with E-state index in [1.807, 2.05) is 20.8 Å². The molecule has 13 nitrogen and oxygen atoms in total. The van der Waals surface area contributed by atoms with Gasteiger partial charge < -0.3 is 53.1 Å². The molecule has 0 radical (unpaired) electrons. The van der Waals surface area contributed by atoms with Crippen LogP contribution < -0.4 is 5.32 Å². The minimum atomic E-state index is -0.462. The number of hydrogen-bond donors (Lipinski definition) is 2. The van der Waals surface area contributed by atoms with E-state index in [-0.39, 0.29) is 25.3 Å². The summed E-state index contributed by atoms with van der Waals surface area (Å²) in [7, 11) is 0. The van der Waals surface area contributed by atoms with Gasteiger partial charge in [-0.2, -0.15) is 0 Å². The van der Waals surface area contributed by atoms with Gasteiger partial charge in [-0.15, -0.1) is 0 Å². The summed E-state index contributed by atoms with van der Waals surface area (Å²) >= 11 is 0. The number of carbonyl (C=O) groups is 2. The summed E-state index contributed by atoms with van der Waals surface area (Å²) in [6.45, 7) is 12.9. The molecule has 0 fully saturated rings. The van der Waals surface area contributed by atoms with E-state index in [9.17, 15) is 9.59 Å². The number of amides is 1. The van der Waals surface area contributed by atoms with Crippen LogP contribution in [-0.2, 0) is 47.4 Å². The maximum absolute atomic E-state index is 11.8. The fourth-order valence-electron chi connectivity index (χ4n) is 3.73. The molecule has 0 aliphatic carbocycles. The Kier molecular flexibility index (Phi) is 32.6. The lowest BCUT2D eigenvalue weighted by Gasteiger charge is -2.19. The van der Waals surface area contributed by atoms with E-state index < -0.39 is 5.60 Å². The highest BCUT2D eigenvalue weighted by Gasteiger charge is 2.15. The topological polar surface area (TPSA) is 149 Å². The van der Waals surface area contributed by atoms with Crippen LogP contribution in [0.15, 0.2) is 0 Å². The van der Waals surface area contributed by atoms with Crippen molar-refractivity contribution in [2.75, 3.05) is 112 Å². The van der Waals surface area contributed by atoms with Crippen molar-refractivity contribution in [2.45, 2.75) is 84.2 Å². The normalized spacial score (nSPS) is 11.6. The van der Waals surface area contributed by atoms with Gasteiger partial charge in [-0.3, -0.25) is 4.79 Å². The summed E-state index contributed by atoms with van der Waals surface area (Å²) in [5, 5.41) is 11.4. The Morgan fingerprint density at radius 3 is 1.27 bits per heavy atom. The molecule has 13 heteroatoms. The number of nitrogens with one attached hydrogen (secondary N) is 1. The van der Waals surface area contributed by atoms with Crippen LogP contribution in [-0.4, -0.2) is 135 Å². The predicted molar refractivity (Wildman–Crippen MR) is 170 cm³/mol. The molecule has 0 aliphatic heterocycles. The van der Waals surface area contributed by atoms with E-state index in [0.29, 0.717) is 105 Å². The molecule has 0 bridgehead atoms. The highest BCUT2D eigenvalue weighted by Crippen LogP contribution is 2.10. The SMILES string of the molecule is CC(C)(C)OC(=O)NCCCCCCCCCCC(=O)OCCOCCOCCOCCOCCOCCOCCOCCO. The lowest BCUT2D eigenvalue weighted by molar-refractivity contribution is -0.145. The molecule has 0 saturated carbocycles. The van der Waals surface area contributed by atoms with E-state index >= 15 is 0 Å². The standard InChI is InChI=1S/C32H63NO12/c1-32(2,3)45-31(36)33-13-11-9-7-5-4-6-8-10-12-30(35)44-29-28-43-27-26-42-25-24-41-23-22-40-21-20-39-19-18-38-17-16-37-15-14-34/h34H,4-29H2,1-3H3,(H,33,36). The quantitative estimate of drug-likeness (QED) is 0.0771. The predicted octanol–water partition coefficient (Wildman–Crippen LogP) is 3.67. The number of ether oxygens (including phenoxy) is 9. The number of aliphatic hydroxyl groups is 1. The zero-order valence-electron chi connectivity index (χ0n) is 28.3. The molecule has 268 valence electrons. The third kappa shape index (κ3) is 38.5. The molecule has 45 heavy (non-hydrogen) atoms. The number of hydrogen-bond acceptors (Lipinski definition) is 12. The Labute approximate surface area is 271 Å². The highest BCUT2D eigenvalue weighted by molar-refractivity contribution is 5.69. The van der Waals surface area contributed by atoms with Crippen LogP contribution in [0, 0.1) is 0 Å². The molecule has 0 rings (SSSR count). The molecule has 0 spiro atoms. The summed E-state index contributed by atoms with van der Waals surface area (Å²) in [6, 6.07) is 0. The first kappa shape index (κ1) is 43.4. The zero-order chi connectivity index (χ0) is 33.1. The number of aliphatic hydroxyl groups excluding tert-OH is 1. The van der Waals surface area contributed by atoms with Crippen molar-refractivity contribution in [3.05, 3.63) is 0 Å². The van der Waals surface area contributed by atoms with Crippen LogP contribution in [0.5, 0.6) is 0 Å². The summed E-state index contributed by atoms with van der Waals surface area (Å²) in [5.41, 5.74) is -0.462. The Balaban J connectivity index is 3.20. The van der Waals surface area contributed by atoms with E-state index in [4.69, 9.17) is 47.7 Å². The van der Waals surface area contributed by atoms with Crippen LogP contribution in [0.4, 0.5) is 4.79 Å². The van der Waals surface area contributed by atoms with Crippen molar-refractivity contribution >= 4 is 12.1 Å². The molecular formula is C32H63NO12. The molecule has 0 unspecified atom stereocenters.